The summed E-state index contributed by atoms with van der Waals surface area (Å²) in [5, 5.41) is 8.82. The number of amides is 1. The molecule has 2 aliphatic rings. The van der Waals surface area contributed by atoms with Crippen molar-refractivity contribution in [2.24, 2.45) is 13.0 Å². The van der Waals surface area contributed by atoms with E-state index in [1.165, 1.54) is 12.8 Å². The third-order valence-electron chi connectivity index (χ3n) is 6.93. The Balaban J connectivity index is 1.38. The fourth-order valence-electron chi connectivity index (χ4n) is 4.82. The summed E-state index contributed by atoms with van der Waals surface area (Å²) in [7, 11) is 1.88. The molecule has 1 amide bonds. The van der Waals surface area contributed by atoms with Crippen LogP contribution < -0.4 is 0 Å². The number of carbonyl (C=O) groups is 1. The van der Waals surface area contributed by atoms with Crippen LogP contribution in [0.15, 0.2) is 29.0 Å². The van der Waals surface area contributed by atoms with Crippen molar-refractivity contribution >= 4 is 5.91 Å². The maximum atomic E-state index is 13.2. The molecule has 0 spiro atoms. The van der Waals surface area contributed by atoms with E-state index in [-0.39, 0.29) is 11.3 Å². The zero-order valence-corrected chi connectivity index (χ0v) is 18.3. The van der Waals surface area contributed by atoms with E-state index in [1.807, 2.05) is 37.9 Å². The summed E-state index contributed by atoms with van der Waals surface area (Å²) in [5.74, 6) is 2.13. The first-order valence-corrected chi connectivity index (χ1v) is 11.0. The maximum Gasteiger partial charge on any atom is 0.258 e. The van der Waals surface area contributed by atoms with Gasteiger partial charge in [0.25, 0.3) is 11.8 Å². The van der Waals surface area contributed by atoms with Gasteiger partial charge in [-0.2, -0.15) is 10.1 Å². The van der Waals surface area contributed by atoms with E-state index in [2.05, 4.69) is 15.2 Å². The molecular formula is C23H28N6O2. The van der Waals surface area contributed by atoms with Crippen molar-refractivity contribution in [3.05, 3.63) is 47.3 Å². The van der Waals surface area contributed by atoms with Crippen LogP contribution in [0.1, 0.15) is 59.7 Å². The average molecular weight is 421 g/mol. The third-order valence-corrected chi connectivity index (χ3v) is 6.93. The zero-order valence-electron chi connectivity index (χ0n) is 18.3. The summed E-state index contributed by atoms with van der Waals surface area (Å²) in [6.07, 6.45) is 8.76. The first-order valence-electron chi connectivity index (χ1n) is 11.0. The Kier molecular flexibility index (Phi) is 4.87. The van der Waals surface area contributed by atoms with Gasteiger partial charge in [0.1, 0.15) is 0 Å². The Hall–Kier alpha value is -3.03. The Morgan fingerprint density at radius 1 is 1.19 bits per heavy atom. The summed E-state index contributed by atoms with van der Waals surface area (Å²) in [4.78, 5) is 24.1. The van der Waals surface area contributed by atoms with Gasteiger partial charge in [-0.15, -0.1) is 0 Å². The van der Waals surface area contributed by atoms with Gasteiger partial charge in [-0.25, -0.2) is 0 Å². The molecule has 0 N–H and O–H groups in total. The van der Waals surface area contributed by atoms with Crippen LogP contribution in [0.25, 0.3) is 11.5 Å². The summed E-state index contributed by atoms with van der Waals surface area (Å²) in [6, 6.07) is 3.76. The van der Waals surface area contributed by atoms with E-state index in [9.17, 15) is 4.79 Å². The van der Waals surface area contributed by atoms with Gasteiger partial charge in [-0.05, 0) is 51.2 Å². The molecule has 3 aromatic heterocycles. The van der Waals surface area contributed by atoms with E-state index in [0.29, 0.717) is 19.0 Å². The van der Waals surface area contributed by atoms with E-state index in [1.54, 1.807) is 17.1 Å². The summed E-state index contributed by atoms with van der Waals surface area (Å²) in [6.45, 7) is 5.24. The van der Waals surface area contributed by atoms with Crippen molar-refractivity contribution in [2.75, 3.05) is 13.1 Å². The fourth-order valence-corrected chi connectivity index (χ4v) is 4.82. The zero-order chi connectivity index (χ0) is 21.6. The second-order valence-electron chi connectivity index (χ2n) is 9.05. The SMILES string of the molecule is Cc1nn(C)c(C)c1C(=O)N1CCC(CC2CC2)(c2noc(-c3ccncc3)n2)CC1. The fraction of sp³-hybridized carbons (Fsp3) is 0.522. The van der Waals surface area contributed by atoms with E-state index < -0.39 is 0 Å². The molecule has 0 atom stereocenters. The van der Waals surface area contributed by atoms with Gasteiger partial charge in [0.2, 0.25) is 0 Å². The van der Waals surface area contributed by atoms with Gasteiger partial charge in [-0.3, -0.25) is 14.5 Å². The van der Waals surface area contributed by atoms with Crippen molar-refractivity contribution < 1.29 is 9.32 Å². The quantitative estimate of drug-likeness (QED) is 0.628. The highest BCUT2D eigenvalue weighted by molar-refractivity contribution is 5.96. The number of nitrogens with zero attached hydrogens (tertiary/aromatic N) is 6. The molecule has 1 saturated carbocycles. The lowest BCUT2D eigenvalue weighted by Crippen LogP contribution is -2.46. The molecule has 8 nitrogen and oxygen atoms in total. The number of aromatic nitrogens is 5. The van der Waals surface area contributed by atoms with Crippen molar-refractivity contribution in [2.45, 2.75) is 51.4 Å². The second-order valence-corrected chi connectivity index (χ2v) is 9.05. The number of piperidine rings is 1. The molecule has 162 valence electrons. The smallest absolute Gasteiger partial charge is 0.258 e. The van der Waals surface area contributed by atoms with Crippen LogP contribution in [0.5, 0.6) is 0 Å². The molecule has 2 fully saturated rings. The van der Waals surface area contributed by atoms with Crippen molar-refractivity contribution in [1.82, 2.24) is 29.8 Å². The molecule has 8 heteroatoms. The van der Waals surface area contributed by atoms with E-state index in [4.69, 9.17) is 9.51 Å². The number of carbonyl (C=O) groups excluding carboxylic acids is 1. The minimum Gasteiger partial charge on any atom is -0.338 e. The number of rotatable bonds is 5. The minimum atomic E-state index is -0.133. The molecular weight excluding hydrogens is 392 g/mol. The number of hydrogen-bond donors (Lipinski definition) is 0. The molecule has 1 saturated heterocycles. The number of likely N-dealkylation sites (tertiary alicyclic amines) is 1. The molecule has 31 heavy (non-hydrogen) atoms. The van der Waals surface area contributed by atoms with Gasteiger partial charge in [0, 0.05) is 49.2 Å². The highest BCUT2D eigenvalue weighted by Gasteiger charge is 2.45. The second kappa shape index (κ2) is 7.59. The van der Waals surface area contributed by atoms with Gasteiger partial charge in [0.15, 0.2) is 5.82 Å². The predicted octanol–water partition coefficient (Wildman–Crippen LogP) is 3.46. The van der Waals surface area contributed by atoms with Crippen LogP contribution in [0.4, 0.5) is 0 Å². The molecule has 3 aromatic rings. The lowest BCUT2D eigenvalue weighted by atomic mass is 9.73. The third kappa shape index (κ3) is 3.64. The van der Waals surface area contributed by atoms with Gasteiger partial charge >= 0.3 is 0 Å². The average Bonchev–Trinajstić information content (AvgIpc) is 3.36. The maximum absolute atomic E-state index is 13.2. The number of aryl methyl sites for hydroxylation is 2. The molecule has 0 radical (unpaired) electrons. The van der Waals surface area contributed by atoms with Gasteiger partial charge < -0.3 is 9.42 Å². The molecule has 1 aliphatic carbocycles. The molecule has 0 aromatic carbocycles. The Bertz CT molecular complexity index is 1090. The van der Waals surface area contributed by atoms with Crippen molar-refractivity contribution in [3.63, 3.8) is 0 Å². The number of pyridine rings is 1. The van der Waals surface area contributed by atoms with Crippen LogP contribution in [-0.2, 0) is 12.5 Å². The standard InChI is InChI=1S/C23H28N6O2/c1-15-19(16(2)28(3)26-15)21(30)29-12-8-23(9-13-29,14-17-4-5-17)22-25-20(31-27-22)18-6-10-24-11-7-18/h6-7,10-11,17H,4-5,8-9,12-14H2,1-3H3. The monoisotopic (exact) mass is 420 g/mol. The lowest BCUT2D eigenvalue weighted by molar-refractivity contribution is 0.0644. The summed E-state index contributed by atoms with van der Waals surface area (Å²) >= 11 is 0. The first kappa shape index (κ1) is 19.9. The predicted molar refractivity (Wildman–Crippen MR) is 114 cm³/mol. The van der Waals surface area contributed by atoms with E-state index in [0.717, 1.165) is 53.5 Å². The van der Waals surface area contributed by atoms with E-state index >= 15 is 0 Å². The first-order chi connectivity index (χ1) is 15.0. The van der Waals surface area contributed by atoms with Crippen molar-refractivity contribution in [1.29, 1.82) is 0 Å². The highest BCUT2D eigenvalue weighted by atomic mass is 16.5. The topological polar surface area (TPSA) is 89.9 Å². The molecule has 5 rings (SSSR count). The molecule has 0 bridgehead atoms. The number of hydrogen-bond acceptors (Lipinski definition) is 6. The van der Waals surface area contributed by atoms with Gasteiger partial charge in [0.05, 0.1) is 11.3 Å². The van der Waals surface area contributed by atoms with Gasteiger partial charge in [-0.1, -0.05) is 18.0 Å². The van der Waals surface area contributed by atoms with Crippen LogP contribution in [0.3, 0.4) is 0 Å². The summed E-state index contributed by atoms with van der Waals surface area (Å²) < 4.78 is 7.41. The lowest BCUT2D eigenvalue weighted by Gasteiger charge is -2.40. The highest BCUT2D eigenvalue weighted by Crippen LogP contribution is 2.47. The van der Waals surface area contributed by atoms with Crippen LogP contribution in [0.2, 0.25) is 0 Å². The Labute approximate surface area is 181 Å². The normalized spacial score (nSPS) is 18.4. The van der Waals surface area contributed by atoms with Crippen LogP contribution >= 0.6 is 0 Å². The Morgan fingerprint density at radius 3 is 2.52 bits per heavy atom. The summed E-state index contributed by atoms with van der Waals surface area (Å²) in [5.41, 5.74) is 3.19. The molecule has 0 unspecified atom stereocenters. The molecule has 1 aliphatic heterocycles. The van der Waals surface area contributed by atoms with Crippen molar-refractivity contribution in [3.8, 4) is 11.5 Å². The minimum absolute atomic E-state index is 0.0775. The van der Waals surface area contributed by atoms with Crippen LogP contribution in [0, 0.1) is 19.8 Å². The molecule has 4 heterocycles. The van der Waals surface area contributed by atoms with Crippen LogP contribution in [-0.4, -0.2) is 48.8 Å². The largest absolute Gasteiger partial charge is 0.338 e. The Morgan fingerprint density at radius 2 is 1.90 bits per heavy atom.